The minimum atomic E-state index is -1.03. The molecule has 1 aromatic carbocycles. The maximum absolute atomic E-state index is 12.7. The molecule has 1 N–H and O–H groups in total. The Kier molecular flexibility index (Phi) is 4.36. The first-order valence-electron chi connectivity index (χ1n) is 9.06. The average Bonchev–Trinajstić information content (AvgIpc) is 3.43. The average molecular weight is 353 g/mol. The van der Waals surface area contributed by atoms with Gasteiger partial charge < -0.3 is 14.7 Å². The van der Waals surface area contributed by atoms with Crippen LogP contribution >= 0.6 is 0 Å². The van der Waals surface area contributed by atoms with Crippen molar-refractivity contribution >= 4 is 5.91 Å². The van der Waals surface area contributed by atoms with E-state index in [1.807, 2.05) is 31.2 Å². The number of likely N-dealkylation sites (tertiary alicyclic amines) is 1. The Bertz CT molecular complexity index is 804. The molecule has 1 aliphatic carbocycles. The van der Waals surface area contributed by atoms with Crippen LogP contribution < -0.4 is 4.74 Å². The molecule has 1 atom stereocenters. The lowest BCUT2D eigenvalue weighted by Gasteiger charge is -2.24. The summed E-state index contributed by atoms with van der Waals surface area (Å²) in [6.45, 7) is 2.88. The van der Waals surface area contributed by atoms with Crippen molar-refractivity contribution in [3.8, 4) is 5.75 Å². The maximum atomic E-state index is 12.7. The van der Waals surface area contributed by atoms with Crippen LogP contribution in [0.25, 0.3) is 0 Å². The van der Waals surface area contributed by atoms with Gasteiger partial charge in [0, 0.05) is 24.9 Å². The molecule has 0 radical (unpaired) electrons. The fourth-order valence-electron chi connectivity index (χ4n) is 3.26. The SMILES string of the molecule is Cc1ccccc1OC[C@]1(O)CCN(C(=O)c2cnc(C3CC3)nc2)C1. The van der Waals surface area contributed by atoms with E-state index in [4.69, 9.17) is 4.74 Å². The number of carbonyl (C=O) groups excluding carboxylic acids is 1. The fourth-order valence-corrected chi connectivity index (χ4v) is 3.26. The van der Waals surface area contributed by atoms with Gasteiger partial charge in [-0.05, 0) is 37.8 Å². The van der Waals surface area contributed by atoms with Crippen LogP contribution in [-0.2, 0) is 0 Å². The molecule has 0 spiro atoms. The number of hydrogen-bond donors (Lipinski definition) is 1. The number of nitrogens with zero attached hydrogens (tertiary/aromatic N) is 3. The highest BCUT2D eigenvalue weighted by molar-refractivity contribution is 5.93. The molecule has 2 aromatic rings. The van der Waals surface area contributed by atoms with Crippen molar-refractivity contribution in [2.45, 2.75) is 37.7 Å². The number of carbonyl (C=O) groups is 1. The van der Waals surface area contributed by atoms with Crippen LogP contribution in [0.5, 0.6) is 5.75 Å². The molecule has 1 aromatic heterocycles. The van der Waals surface area contributed by atoms with E-state index in [-0.39, 0.29) is 19.1 Å². The molecule has 1 saturated heterocycles. The largest absolute Gasteiger partial charge is 0.490 e. The summed E-state index contributed by atoms with van der Waals surface area (Å²) in [4.78, 5) is 22.9. The molecular weight excluding hydrogens is 330 g/mol. The predicted octanol–water partition coefficient (Wildman–Crippen LogP) is 2.32. The predicted molar refractivity (Wildman–Crippen MR) is 96.2 cm³/mol. The third kappa shape index (κ3) is 3.55. The van der Waals surface area contributed by atoms with E-state index in [2.05, 4.69) is 9.97 Å². The fraction of sp³-hybridized carbons (Fsp3) is 0.450. The van der Waals surface area contributed by atoms with Crippen molar-refractivity contribution in [1.29, 1.82) is 0 Å². The Morgan fingerprint density at radius 3 is 2.73 bits per heavy atom. The first kappa shape index (κ1) is 17.0. The summed E-state index contributed by atoms with van der Waals surface area (Å²) in [5, 5.41) is 10.8. The number of para-hydroxylation sites is 1. The zero-order chi connectivity index (χ0) is 18.1. The Morgan fingerprint density at radius 1 is 1.31 bits per heavy atom. The van der Waals surface area contributed by atoms with Gasteiger partial charge in [-0.1, -0.05) is 18.2 Å². The Balaban J connectivity index is 1.37. The number of rotatable bonds is 5. The van der Waals surface area contributed by atoms with E-state index in [1.54, 1.807) is 17.3 Å². The van der Waals surface area contributed by atoms with Crippen molar-refractivity contribution in [2.24, 2.45) is 0 Å². The van der Waals surface area contributed by atoms with Gasteiger partial charge in [0.15, 0.2) is 0 Å². The smallest absolute Gasteiger partial charge is 0.257 e. The molecule has 2 fully saturated rings. The molecule has 26 heavy (non-hydrogen) atoms. The van der Waals surface area contributed by atoms with E-state index >= 15 is 0 Å². The van der Waals surface area contributed by atoms with Gasteiger partial charge in [-0.15, -0.1) is 0 Å². The number of aryl methyl sites for hydroxylation is 1. The first-order valence-corrected chi connectivity index (χ1v) is 9.06. The van der Waals surface area contributed by atoms with Crippen LogP contribution in [0.1, 0.15) is 46.9 Å². The number of aliphatic hydroxyl groups is 1. The summed E-state index contributed by atoms with van der Waals surface area (Å²) >= 11 is 0. The standard InChI is InChI=1S/C20H23N3O3/c1-14-4-2-3-5-17(14)26-13-20(25)8-9-23(12-20)19(24)16-10-21-18(22-11-16)15-6-7-15/h2-5,10-11,15,25H,6-9,12-13H2,1H3/t20-/m0/s1. The van der Waals surface area contributed by atoms with Crippen LogP contribution in [0.2, 0.25) is 0 Å². The Hall–Kier alpha value is -2.47. The van der Waals surface area contributed by atoms with Gasteiger partial charge in [0.25, 0.3) is 5.91 Å². The van der Waals surface area contributed by atoms with Crippen molar-refractivity contribution < 1.29 is 14.6 Å². The monoisotopic (exact) mass is 353 g/mol. The number of β-amino-alcohol motifs (C(OH)–C–C–N with tert-alkyl or cyclic N) is 1. The normalized spacial score (nSPS) is 22.5. The molecule has 4 rings (SSSR count). The van der Waals surface area contributed by atoms with Crippen LogP contribution in [0, 0.1) is 6.92 Å². The van der Waals surface area contributed by atoms with Crippen LogP contribution in [0.15, 0.2) is 36.7 Å². The van der Waals surface area contributed by atoms with Crippen LogP contribution in [-0.4, -0.2) is 51.2 Å². The topological polar surface area (TPSA) is 75.6 Å². The minimum Gasteiger partial charge on any atom is -0.490 e. The molecular formula is C20H23N3O3. The second-order valence-corrected chi connectivity index (χ2v) is 7.36. The molecule has 1 amide bonds. The van der Waals surface area contributed by atoms with Gasteiger partial charge in [-0.25, -0.2) is 9.97 Å². The third-order valence-corrected chi connectivity index (χ3v) is 5.07. The van der Waals surface area contributed by atoms with Gasteiger partial charge >= 0.3 is 0 Å². The van der Waals surface area contributed by atoms with Gasteiger partial charge in [0.2, 0.25) is 0 Å². The summed E-state index contributed by atoms with van der Waals surface area (Å²) in [5.74, 6) is 1.91. The molecule has 1 saturated carbocycles. The van der Waals surface area contributed by atoms with Crippen LogP contribution in [0.3, 0.4) is 0 Å². The molecule has 6 heteroatoms. The summed E-state index contributed by atoms with van der Waals surface area (Å²) in [5.41, 5.74) is 0.459. The molecule has 6 nitrogen and oxygen atoms in total. The summed E-state index contributed by atoms with van der Waals surface area (Å²) in [7, 11) is 0. The molecule has 0 bridgehead atoms. The van der Waals surface area contributed by atoms with Gasteiger partial charge in [0.05, 0.1) is 12.1 Å². The Morgan fingerprint density at radius 2 is 2.04 bits per heavy atom. The van der Waals surface area contributed by atoms with Crippen molar-refractivity contribution in [1.82, 2.24) is 14.9 Å². The zero-order valence-electron chi connectivity index (χ0n) is 14.9. The number of aromatic nitrogens is 2. The summed E-state index contributed by atoms with van der Waals surface area (Å²) in [6, 6.07) is 7.70. The lowest BCUT2D eigenvalue weighted by Crippen LogP contribution is -2.40. The third-order valence-electron chi connectivity index (χ3n) is 5.07. The van der Waals surface area contributed by atoms with Gasteiger partial charge in [-0.3, -0.25) is 4.79 Å². The van der Waals surface area contributed by atoms with Gasteiger partial charge in [-0.2, -0.15) is 0 Å². The lowest BCUT2D eigenvalue weighted by molar-refractivity contribution is 0.00412. The van der Waals surface area contributed by atoms with E-state index in [1.165, 1.54) is 0 Å². The highest BCUT2D eigenvalue weighted by Crippen LogP contribution is 2.37. The van der Waals surface area contributed by atoms with Crippen molar-refractivity contribution in [3.63, 3.8) is 0 Å². The molecule has 0 unspecified atom stereocenters. The summed E-state index contributed by atoms with van der Waals surface area (Å²) < 4.78 is 5.79. The maximum Gasteiger partial charge on any atom is 0.257 e. The number of hydrogen-bond acceptors (Lipinski definition) is 5. The zero-order valence-corrected chi connectivity index (χ0v) is 14.9. The molecule has 2 heterocycles. The highest BCUT2D eigenvalue weighted by atomic mass is 16.5. The Labute approximate surface area is 152 Å². The van der Waals surface area contributed by atoms with E-state index < -0.39 is 5.60 Å². The molecule has 136 valence electrons. The van der Waals surface area contributed by atoms with E-state index in [0.29, 0.717) is 24.4 Å². The van der Waals surface area contributed by atoms with E-state index in [0.717, 1.165) is 30.0 Å². The van der Waals surface area contributed by atoms with Crippen molar-refractivity contribution in [3.05, 3.63) is 53.6 Å². The van der Waals surface area contributed by atoms with Crippen LogP contribution in [0.4, 0.5) is 0 Å². The minimum absolute atomic E-state index is 0.140. The second kappa shape index (κ2) is 6.68. The number of ether oxygens (including phenoxy) is 1. The molecule has 1 aliphatic heterocycles. The van der Waals surface area contributed by atoms with Crippen molar-refractivity contribution in [2.75, 3.05) is 19.7 Å². The second-order valence-electron chi connectivity index (χ2n) is 7.36. The number of amides is 1. The van der Waals surface area contributed by atoms with Gasteiger partial charge in [0.1, 0.15) is 23.8 Å². The highest BCUT2D eigenvalue weighted by Gasteiger charge is 2.39. The molecule has 2 aliphatic rings. The quantitative estimate of drug-likeness (QED) is 0.893. The van der Waals surface area contributed by atoms with E-state index in [9.17, 15) is 9.90 Å². The first-order chi connectivity index (χ1) is 12.5. The summed E-state index contributed by atoms with van der Waals surface area (Å²) in [6.07, 6.45) is 5.96. The lowest BCUT2D eigenvalue weighted by atomic mass is 10.1. The number of benzene rings is 1.